The van der Waals surface area contributed by atoms with Crippen molar-refractivity contribution in [3.8, 4) is 6.07 Å². The first-order chi connectivity index (χ1) is 11.2. The van der Waals surface area contributed by atoms with Gasteiger partial charge in [-0.25, -0.2) is 9.97 Å². The van der Waals surface area contributed by atoms with Crippen LogP contribution in [-0.4, -0.2) is 15.2 Å². The number of anilines is 2. The van der Waals surface area contributed by atoms with Gasteiger partial charge in [-0.1, -0.05) is 19.3 Å². The van der Waals surface area contributed by atoms with Crippen LogP contribution >= 0.6 is 11.8 Å². The highest BCUT2D eigenvalue weighted by molar-refractivity contribution is 7.99. The Morgan fingerprint density at radius 3 is 2.57 bits per heavy atom. The molecule has 1 aromatic carbocycles. The van der Waals surface area contributed by atoms with Crippen LogP contribution in [0.15, 0.2) is 35.4 Å². The van der Waals surface area contributed by atoms with Crippen molar-refractivity contribution in [1.29, 1.82) is 5.26 Å². The fourth-order valence-electron chi connectivity index (χ4n) is 2.77. The van der Waals surface area contributed by atoms with Gasteiger partial charge in [-0.05, 0) is 50.1 Å². The lowest BCUT2D eigenvalue weighted by atomic mass is 10.0. The van der Waals surface area contributed by atoms with E-state index >= 15 is 0 Å². The molecule has 1 aromatic heterocycles. The van der Waals surface area contributed by atoms with Gasteiger partial charge in [0.25, 0.3) is 0 Å². The van der Waals surface area contributed by atoms with Crippen LogP contribution in [0.5, 0.6) is 0 Å². The average molecular weight is 324 g/mol. The van der Waals surface area contributed by atoms with Gasteiger partial charge in [0.2, 0.25) is 5.95 Å². The number of hydrogen-bond acceptors (Lipinski definition) is 5. The zero-order valence-corrected chi connectivity index (χ0v) is 14.1. The minimum atomic E-state index is 0.619. The van der Waals surface area contributed by atoms with Crippen molar-refractivity contribution in [3.05, 3.63) is 41.6 Å². The van der Waals surface area contributed by atoms with Crippen LogP contribution in [0.25, 0.3) is 0 Å². The molecule has 1 N–H and O–H groups in total. The van der Waals surface area contributed by atoms with Crippen molar-refractivity contribution in [1.82, 2.24) is 9.97 Å². The van der Waals surface area contributed by atoms with E-state index in [-0.39, 0.29) is 0 Å². The predicted molar refractivity (Wildman–Crippen MR) is 93.9 cm³/mol. The maximum Gasteiger partial charge on any atom is 0.228 e. The molecule has 3 rings (SSSR count). The highest BCUT2D eigenvalue weighted by atomic mass is 32.2. The lowest BCUT2D eigenvalue weighted by Crippen LogP contribution is -2.09. The average Bonchev–Trinajstić information content (AvgIpc) is 2.56. The fourth-order valence-corrected chi connectivity index (χ4v) is 4.06. The van der Waals surface area contributed by atoms with E-state index in [1.807, 2.05) is 30.8 Å². The van der Waals surface area contributed by atoms with E-state index < -0.39 is 0 Å². The Hall–Kier alpha value is -2.06. The molecule has 23 heavy (non-hydrogen) atoms. The quantitative estimate of drug-likeness (QED) is 0.817. The number of benzene rings is 1. The Kier molecular flexibility index (Phi) is 5.14. The molecule has 1 heterocycles. The summed E-state index contributed by atoms with van der Waals surface area (Å²) in [5.74, 6) is 0.619. The third-order valence-corrected chi connectivity index (χ3v) is 5.20. The van der Waals surface area contributed by atoms with Crippen molar-refractivity contribution in [2.24, 2.45) is 0 Å². The van der Waals surface area contributed by atoms with Gasteiger partial charge in [0.05, 0.1) is 11.6 Å². The molecule has 0 spiro atoms. The Balaban J connectivity index is 1.72. The summed E-state index contributed by atoms with van der Waals surface area (Å²) in [6.07, 6.45) is 6.60. The standard InChI is InChI=1S/C18H20N4S/c1-13-11-17(23-16-5-3-2-4-6-16)22-18(20-13)21-15-9-7-14(12-19)8-10-15/h7-11,16H,2-6H2,1H3,(H,20,21,22). The first-order valence-corrected chi connectivity index (χ1v) is 8.90. The molecule has 0 radical (unpaired) electrons. The van der Waals surface area contributed by atoms with Gasteiger partial charge in [0.1, 0.15) is 5.03 Å². The SMILES string of the molecule is Cc1cc(SC2CCCCC2)nc(Nc2ccc(C#N)cc2)n1. The lowest BCUT2D eigenvalue weighted by molar-refractivity contribution is 0.515. The zero-order chi connectivity index (χ0) is 16.1. The van der Waals surface area contributed by atoms with E-state index in [9.17, 15) is 0 Å². The number of rotatable bonds is 4. The molecule has 0 atom stereocenters. The number of aryl methyl sites for hydroxylation is 1. The van der Waals surface area contributed by atoms with Gasteiger partial charge in [0.15, 0.2) is 0 Å². The summed E-state index contributed by atoms with van der Waals surface area (Å²) in [6, 6.07) is 11.5. The Morgan fingerprint density at radius 2 is 1.87 bits per heavy atom. The van der Waals surface area contributed by atoms with Crippen LogP contribution in [0, 0.1) is 18.3 Å². The third-order valence-electron chi connectivity index (χ3n) is 3.94. The summed E-state index contributed by atoms with van der Waals surface area (Å²) in [5, 5.41) is 13.8. The highest BCUT2D eigenvalue weighted by Crippen LogP contribution is 2.33. The second-order valence-corrected chi connectivity index (χ2v) is 7.18. The van der Waals surface area contributed by atoms with Crippen LogP contribution in [0.4, 0.5) is 11.6 Å². The molecule has 1 saturated carbocycles. The number of aromatic nitrogens is 2. The monoisotopic (exact) mass is 324 g/mol. The van der Waals surface area contributed by atoms with E-state index in [0.717, 1.165) is 16.4 Å². The van der Waals surface area contributed by atoms with Crippen molar-refractivity contribution >= 4 is 23.4 Å². The molecule has 0 saturated heterocycles. The first kappa shape index (κ1) is 15.8. The van der Waals surface area contributed by atoms with Gasteiger partial charge in [-0.2, -0.15) is 5.26 Å². The number of nitriles is 1. The van der Waals surface area contributed by atoms with Crippen molar-refractivity contribution in [2.75, 3.05) is 5.32 Å². The molecule has 1 aliphatic rings. The van der Waals surface area contributed by atoms with Gasteiger partial charge in [-0.15, -0.1) is 11.8 Å². The zero-order valence-electron chi connectivity index (χ0n) is 13.2. The van der Waals surface area contributed by atoms with Gasteiger partial charge in [0, 0.05) is 16.6 Å². The summed E-state index contributed by atoms with van der Waals surface area (Å²) >= 11 is 1.88. The molecular formula is C18H20N4S. The molecular weight excluding hydrogens is 304 g/mol. The van der Waals surface area contributed by atoms with Gasteiger partial charge >= 0.3 is 0 Å². The Morgan fingerprint density at radius 1 is 1.13 bits per heavy atom. The van der Waals surface area contributed by atoms with Crippen LogP contribution < -0.4 is 5.32 Å². The van der Waals surface area contributed by atoms with E-state index in [2.05, 4.69) is 27.4 Å². The molecule has 4 nitrogen and oxygen atoms in total. The van der Waals surface area contributed by atoms with E-state index in [4.69, 9.17) is 5.26 Å². The molecule has 2 aromatic rings. The van der Waals surface area contributed by atoms with Gasteiger partial charge < -0.3 is 5.32 Å². The molecule has 118 valence electrons. The van der Waals surface area contributed by atoms with Crippen LogP contribution in [0.3, 0.4) is 0 Å². The normalized spacial score (nSPS) is 15.1. The molecule has 0 unspecified atom stereocenters. The topological polar surface area (TPSA) is 61.6 Å². The molecule has 1 aliphatic carbocycles. The van der Waals surface area contributed by atoms with Crippen molar-refractivity contribution in [3.63, 3.8) is 0 Å². The predicted octanol–water partition coefficient (Wildman–Crippen LogP) is 4.83. The van der Waals surface area contributed by atoms with Crippen LogP contribution in [-0.2, 0) is 0 Å². The summed E-state index contributed by atoms with van der Waals surface area (Å²) in [4.78, 5) is 9.11. The minimum Gasteiger partial charge on any atom is -0.324 e. The largest absolute Gasteiger partial charge is 0.324 e. The maximum atomic E-state index is 8.85. The molecule has 0 bridgehead atoms. The number of nitrogens with zero attached hydrogens (tertiary/aromatic N) is 3. The molecule has 5 heteroatoms. The van der Waals surface area contributed by atoms with Crippen LogP contribution in [0.2, 0.25) is 0 Å². The number of hydrogen-bond donors (Lipinski definition) is 1. The summed E-state index contributed by atoms with van der Waals surface area (Å²) < 4.78 is 0. The Labute approximate surface area is 141 Å². The third kappa shape index (κ3) is 4.46. The summed E-state index contributed by atoms with van der Waals surface area (Å²) in [5.41, 5.74) is 2.51. The summed E-state index contributed by atoms with van der Waals surface area (Å²) in [6.45, 7) is 2.00. The molecule has 0 aliphatic heterocycles. The number of thioether (sulfide) groups is 1. The van der Waals surface area contributed by atoms with E-state index in [1.54, 1.807) is 12.1 Å². The van der Waals surface area contributed by atoms with Crippen molar-refractivity contribution in [2.45, 2.75) is 49.3 Å². The molecule has 0 amide bonds. The highest BCUT2D eigenvalue weighted by Gasteiger charge is 2.16. The second kappa shape index (κ2) is 7.47. The molecule has 1 fully saturated rings. The van der Waals surface area contributed by atoms with Gasteiger partial charge in [-0.3, -0.25) is 0 Å². The van der Waals surface area contributed by atoms with E-state index in [0.29, 0.717) is 16.8 Å². The van der Waals surface area contributed by atoms with Crippen LogP contribution in [0.1, 0.15) is 43.4 Å². The van der Waals surface area contributed by atoms with Crippen molar-refractivity contribution < 1.29 is 0 Å². The van der Waals surface area contributed by atoms with E-state index in [1.165, 1.54) is 32.1 Å². The fraction of sp³-hybridized carbons (Fsp3) is 0.389. The smallest absolute Gasteiger partial charge is 0.228 e. The Bertz CT molecular complexity index is 700. The first-order valence-electron chi connectivity index (χ1n) is 8.02. The summed E-state index contributed by atoms with van der Waals surface area (Å²) in [7, 11) is 0. The second-order valence-electron chi connectivity index (χ2n) is 5.86. The maximum absolute atomic E-state index is 8.85. The lowest BCUT2D eigenvalue weighted by Gasteiger charge is -2.20. The minimum absolute atomic E-state index is 0.619. The number of nitrogens with one attached hydrogen (secondary N) is 1.